The number of pyridine rings is 1. The van der Waals surface area contributed by atoms with Gasteiger partial charge in [0.2, 0.25) is 0 Å². The summed E-state index contributed by atoms with van der Waals surface area (Å²) in [5, 5.41) is 5.45. The summed E-state index contributed by atoms with van der Waals surface area (Å²) in [5.41, 5.74) is 1.52. The fraction of sp³-hybridized carbons (Fsp3) is 0.143. The number of aromatic nitrogens is 1. The van der Waals surface area contributed by atoms with Crippen molar-refractivity contribution in [1.29, 1.82) is 0 Å². The summed E-state index contributed by atoms with van der Waals surface area (Å²) in [5.74, 6) is -0.0925. The lowest BCUT2D eigenvalue weighted by Gasteiger charge is -2.14. The molecule has 0 unspecified atom stereocenters. The Labute approximate surface area is 160 Å². The van der Waals surface area contributed by atoms with Crippen LogP contribution in [0, 0.1) is 6.92 Å². The lowest BCUT2D eigenvalue weighted by molar-refractivity contribution is -0.136. The number of halogens is 3. The maximum atomic E-state index is 13.1. The molecule has 0 fully saturated rings. The number of anilines is 2. The number of aryl methyl sites for hydroxylation is 1. The molecule has 28 heavy (non-hydrogen) atoms. The third-order valence-electron chi connectivity index (χ3n) is 4.22. The van der Waals surface area contributed by atoms with E-state index in [0.717, 1.165) is 17.2 Å². The summed E-state index contributed by atoms with van der Waals surface area (Å²) in [4.78, 5) is 16.3. The fourth-order valence-electron chi connectivity index (χ4n) is 2.67. The maximum Gasteiger partial charge on any atom is 0.418 e. The van der Waals surface area contributed by atoms with Gasteiger partial charge in [-0.05, 0) is 42.3 Å². The topological polar surface area (TPSA) is 54.0 Å². The monoisotopic (exact) mass is 385 g/mol. The molecule has 0 bridgehead atoms. The molecule has 7 heteroatoms. The first-order valence-corrected chi connectivity index (χ1v) is 8.56. The molecule has 0 aliphatic heterocycles. The quantitative estimate of drug-likeness (QED) is 0.644. The lowest BCUT2D eigenvalue weighted by Crippen LogP contribution is -2.23. The number of amides is 1. The molecule has 0 radical (unpaired) electrons. The lowest BCUT2D eigenvalue weighted by atomic mass is 10.1. The Kier molecular flexibility index (Phi) is 5.63. The van der Waals surface area contributed by atoms with E-state index in [2.05, 4.69) is 15.6 Å². The van der Waals surface area contributed by atoms with Gasteiger partial charge in [0.15, 0.2) is 0 Å². The van der Waals surface area contributed by atoms with Crippen LogP contribution >= 0.6 is 0 Å². The molecule has 1 aromatic heterocycles. The Balaban J connectivity index is 1.67. The summed E-state index contributed by atoms with van der Waals surface area (Å²) >= 11 is 0. The van der Waals surface area contributed by atoms with Gasteiger partial charge in [0.1, 0.15) is 5.82 Å². The molecule has 3 rings (SSSR count). The molecule has 2 aromatic carbocycles. The zero-order valence-electron chi connectivity index (χ0n) is 15.0. The highest BCUT2D eigenvalue weighted by Gasteiger charge is 2.33. The van der Waals surface area contributed by atoms with E-state index in [4.69, 9.17) is 0 Å². The second kappa shape index (κ2) is 8.12. The summed E-state index contributed by atoms with van der Waals surface area (Å²) in [6.07, 6.45) is -3.15. The van der Waals surface area contributed by atoms with Gasteiger partial charge in [0.25, 0.3) is 5.91 Å². The van der Waals surface area contributed by atoms with Crippen LogP contribution in [0.4, 0.5) is 24.7 Å². The number of nitrogens with one attached hydrogen (secondary N) is 2. The molecule has 1 amide bonds. The fourth-order valence-corrected chi connectivity index (χ4v) is 2.67. The van der Waals surface area contributed by atoms with Crippen LogP contribution in [-0.4, -0.2) is 10.9 Å². The van der Waals surface area contributed by atoms with Crippen molar-refractivity contribution < 1.29 is 18.0 Å². The molecule has 144 valence electrons. The van der Waals surface area contributed by atoms with E-state index in [0.29, 0.717) is 12.1 Å². The van der Waals surface area contributed by atoms with Gasteiger partial charge in [-0.3, -0.25) is 4.79 Å². The van der Waals surface area contributed by atoms with Crippen LogP contribution in [0.25, 0.3) is 0 Å². The van der Waals surface area contributed by atoms with E-state index >= 15 is 0 Å². The minimum Gasteiger partial charge on any atom is -0.348 e. The third-order valence-corrected chi connectivity index (χ3v) is 4.22. The molecule has 0 spiro atoms. The largest absolute Gasteiger partial charge is 0.418 e. The zero-order chi connectivity index (χ0) is 20.1. The van der Waals surface area contributed by atoms with Gasteiger partial charge < -0.3 is 10.6 Å². The van der Waals surface area contributed by atoms with Crippen LogP contribution in [0.3, 0.4) is 0 Å². The number of benzene rings is 2. The van der Waals surface area contributed by atoms with Gasteiger partial charge in [0, 0.05) is 12.7 Å². The zero-order valence-corrected chi connectivity index (χ0v) is 15.0. The normalized spacial score (nSPS) is 11.1. The number of alkyl halides is 3. The van der Waals surface area contributed by atoms with Gasteiger partial charge >= 0.3 is 6.18 Å². The summed E-state index contributed by atoms with van der Waals surface area (Å²) in [6.45, 7) is 2.34. The predicted octanol–water partition coefficient (Wildman–Crippen LogP) is 5.08. The average molecular weight is 385 g/mol. The minimum absolute atomic E-state index is 0.0979. The first-order valence-electron chi connectivity index (χ1n) is 8.56. The van der Waals surface area contributed by atoms with Crippen molar-refractivity contribution in [2.75, 3.05) is 5.32 Å². The Morgan fingerprint density at radius 2 is 1.71 bits per heavy atom. The Bertz CT molecular complexity index is 969. The van der Waals surface area contributed by atoms with E-state index < -0.39 is 11.7 Å². The second-order valence-electron chi connectivity index (χ2n) is 6.21. The maximum absolute atomic E-state index is 13.1. The Morgan fingerprint density at radius 3 is 2.39 bits per heavy atom. The number of carbonyl (C=O) groups is 1. The highest BCUT2D eigenvalue weighted by Crippen LogP contribution is 2.35. The van der Waals surface area contributed by atoms with Crippen molar-refractivity contribution >= 4 is 17.4 Å². The molecule has 0 saturated heterocycles. The summed E-state index contributed by atoms with van der Waals surface area (Å²) in [6, 6.07) is 15.8. The van der Waals surface area contributed by atoms with E-state index in [1.54, 1.807) is 0 Å². The van der Waals surface area contributed by atoms with Crippen LogP contribution in [0.5, 0.6) is 0 Å². The molecule has 0 saturated carbocycles. The number of hydrogen-bond acceptors (Lipinski definition) is 3. The minimum atomic E-state index is -4.47. The number of carbonyl (C=O) groups excluding carboxylic acids is 1. The molecule has 4 nitrogen and oxygen atoms in total. The molecule has 0 aliphatic rings. The molecule has 1 heterocycles. The molecule has 0 atom stereocenters. The van der Waals surface area contributed by atoms with E-state index in [1.807, 2.05) is 31.2 Å². The first-order chi connectivity index (χ1) is 13.3. The smallest absolute Gasteiger partial charge is 0.348 e. The summed E-state index contributed by atoms with van der Waals surface area (Å²) in [7, 11) is 0. The molecule has 2 N–H and O–H groups in total. The van der Waals surface area contributed by atoms with Crippen LogP contribution in [-0.2, 0) is 12.7 Å². The predicted molar refractivity (Wildman–Crippen MR) is 101 cm³/mol. The number of nitrogens with zero attached hydrogens (tertiary/aromatic N) is 1. The van der Waals surface area contributed by atoms with Crippen molar-refractivity contribution in [3.63, 3.8) is 0 Å². The molecular formula is C21H18F3N3O. The van der Waals surface area contributed by atoms with Gasteiger partial charge in [0.05, 0.1) is 16.8 Å². The molecule has 0 aliphatic carbocycles. The van der Waals surface area contributed by atoms with Crippen molar-refractivity contribution in [3.8, 4) is 0 Å². The van der Waals surface area contributed by atoms with Crippen molar-refractivity contribution in [2.24, 2.45) is 0 Å². The SMILES string of the molecule is Cc1ccccc1CNC(=O)c1ccc(Nc2ccccc2C(F)(F)F)nc1. The number of para-hydroxylation sites is 1. The van der Waals surface area contributed by atoms with E-state index in [-0.39, 0.29) is 17.4 Å². The van der Waals surface area contributed by atoms with Crippen LogP contribution in [0.2, 0.25) is 0 Å². The first kappa shape index (κ1) is 19.4. The van der Waals surface area contributed by atoms with Crippen molar-refractivity contribution in [2.45, 2.75) is 19.6 Å². The van der Waals surface area contributed by atoms with Crippen molar-refractivity contribution in [3.05, 3.63) is 89.1 Å². The van der Waals surface area contributed by atoms with E-state index in [1.165, 1.54) is 36.5 Å². The summed E-state index contributed by atoms with van der Waals surface area (Å²) < 4.78 is 39.2. The molecule has 3 aromatic rings. The highest BCUT2D eigenvalue weighted by atomic mass is 19.4. The number of rotatable bonds is 5. The number of hydrogen-bond donors (Lipinski definition) is 2. The van der Waals surface area contributed by atoms with Crippen molar-refractivity contribution in [1.82, 2.24) is 10.3 Å². The highest BCUT2D eigenvalue weighted by molar-refractivity contribution is 5.94. The van der Waals surface area contributed by atoms with Crippen LogP contribution < -0.4 is 10.6 Å². The van der Waals surface area contributed by atoms with Crippen LogP contribution in [0.1, 0.15) is 27.0 Å². The van der Waals surface area contributed by atoms with Gasteiger partial charge in [-0.15, -0.1) is 0 Å². The Hall–Kier alpha value is -3.35. The van der Waals surface area contributed by atoms with Gasteiger partial charge in [-0.2, -0.15) is 13.2 Å². The molecular weight excluding hydrogens is 367 g/mol. The Morgan fingerprint density at radius 1 is 1.00 bits per heavy atom. The van der Waals surface area contributed by atoms with Gasteiger partial charge in [-0.1, -0.05) is 36.4 Å². The van der Waals surface area contributed by atoms with Crippen LogP contribution in [0.15, 0.2) is 66.9 Å². The van der Waals surface area contributed by atoms with E-state index in [9.17, 15) is 18.0 Å². The standard InChI is InChI=1S/C21H18F3N3O/c1-14-6-2-3-7-15(14)12-26-20(28)16-10-11-19(25-13-16)27-18-9-5-4-8-17(18)21(22,23)24/h2-11,13H,12H2,1H3,(H,25,27)(H,26,28). The van der Waals surface area contributed by atoms with Gasteiger partial charge in [-0.25, -0.2) is 4.98 Å². The second-order valence-corrected chi connectivity index (χ2v) is 6.21. The average Bonchev–Trinajstić information content (AvgIpc) is 2.67. The third kappa shape index (κ3) is 4.68.